The summed E-state index contributed by atoms with van der Waals surface area (Å²) in [5, 5.41) is 0.617. The van der Waals surface area contributed by atoms with E-state index >= 15 is 0 Å². The molecule has 2 aromatic rings. The van der Waals surface area contributed by atoms with Crippen molar-refractivity contribution in [3.63, 3.8) is 0 Å². The monoisotopic (exact) mass is 403 g/mol. The molecule has 0 aromatic heterocycles. The van der Waals surface area contributed by atoms with Gasteiger partial charge in [0.25, 0.3) is 5.91 Å². The second-order valence-corrected chi connectivity index (χ2v) is 7.98. The Balaban J connectivity index is 1.90. The molecule has 0 spiro atoms. The largest absolute Gasteiger partial charge is 0.490 e. The first-order valence-electron chi connectivity index (χ1n) is 8.28. The van der Waals surface area contributed by atoms with E-state index in [0.717, 1.165) is 17.7 Å². The van der Waals surface area contributed by atoms with Gasteiger partial charge < -0.3 is 4.74 Å². The Bertz CT molecular complexity index is 864. The topological polar surface area (TPSA) is 29.5 Å². The summed E-state index contributed by atoms with van der Waals surface area (Å²) < 4.78 is 6.47. The Kier molecular flexibility index (Phi) is 6.01. The zero-order chi connectivity index (χ0) is 18.7. The molecule has 1 aliphatic rings. The number of carbonyl (C=O) groups is 1. The highest BCUT2D eigenvalue weighted by Crippen LogP contribution is 2.37. The van der Waals surface area contributed by atoms with E-state index in [1.54, 1.807) is 24.3 Å². The SMILES string of the molecule is CC[C@@H](C)Oc1ccccc1/C=C1\SC(=S)N(c2ccc(Cl)cc2)C1=O. The maximum absolute atomic E-state index is 12.9. The van der Waals surface area contributed by atoms with Crippen molar-refractivity contribution in [2.24, 2.45) is 0 Å². The number of para-hydroxylation sites is 1. The van der Waals surface area contributed by atoms with E-state index in [2.05, 4.69) is 6.92 Å². The minimum Gasteiger partial charge on any atom is -0.490 e. The molecule has 1 amide bonds. The van der Waals surface area contributed by atoms with Crippen LogP contribution < -0.4 is 9.64 Å². The summed E-state index contributed by atoms with van der Waals surface area (Å²) in [6, 6.07) is 14.8. The van der Waals surface area contributed by atoms with E-state index in [0.29, 0.717) is 19.9 Å². The molecule has 1 fully saturated rings. The highest BCUT2D eigenvalue weighted by Gasteiger charge is 2.33. The van der Waals surface area contributed by atoms with Crippen molar-refractivity contribution in [1.29, 1.82) is 0 Å². The molecule has 0 saturated carbocycles. The van der Waals surface area contributed by atoms with Crippen LogP contribution >= 0.6 is 35.6 Å². The van der Waals surface area contributed by atoms with E-state index in [1.165, 1.54) is 16.7 Å². The number of halogens is 1. The molecular weight excluding hydrogens is 386 g/mol. The first kappa shape index (κ1) is 19.0. The molecule has 3 nitrogen and oxygen atoms in total. The van der Waals surface area contributed by atoms with Gasteiger partial charge in [-0.3, -0.25) is 9.69 Å². The third kappa shape index (κ3) is 4.11. The zero-order valence-corrected chi connectivity index (χ0v) is 16.8. The molecule has 1 atom stereocenters. The minimum absolute atomic E-state index is 0.105. The number of carbonyl (C=O) groups excluding carboxylic acids is 1. The van der Waals surface area contributed by atoms with E-state index in [4.69, 9.17) is 28.6 Å². The van der Waals surface area contributed by atoms with Gasteiger partial charge in [-0.1, -0.05) is 60.7 Å². The van der Waals surface area contributed by atoms with Crippen LogP contribution in [-0.2, 0) is 4.79 Å². The lowest BCUT2D eigenvalue weighted by molar-refractivity contribution is -0.113. The fraction of sp³-hybridized carbons (Fsp3) is 0.200. The van der Waals surface area contributed by atoms with Gasteiger partial charge in [0.05, 0.1) is 16.7 Å². The Morgan fingerprint density at radius 3 is 2.62 bits per heavy atom. The van der Waals surface area contributed by atoms with Gasteiger partial charge in [-0.25, -0.2) is 0 Å². The standard InChI is InChI=1S/C20H18ClNO2S2/c1-3-13(2)24-17-7-5-4-6-14(17)12-18-19(23)22(20(25)26-18)16-10-8-15(21)9-11-16/h4-13H,3H2,1-2H3/b18-12-/t13-/m1/s1. The van der Waals surface area contributed by atoms with Crippen molar-refractivity contribution >= 4 is 57.6 Å². The second-order valence-electron chi connectivity index (χ2n) is 5.87. The third-order valence-corrected chi connectivity index (χ3v) is 5.54. The van der Waals surface area contributed by atoms with Crippen molar-refractivity contribution in [3.8, 4) is 5.75 Å². The quantitative estimate of drug-likeness (QED) is 0.457. The van der Waals surface area contributed by atoms with Gasteiger partial charge in [0, 0.05) is 10.6 Å². The number of rotatable bonds is 5. The van der Waals surface area contributed by atoms with Crippen molar-refractivity contribution in [2.75, 3.05) is 4.90 Å². The van der Waals surface area contributed by atoms with Crippen LogP contribution in [0.25, 0.3) is 6.08 Å². The lowest BCUT2D eigenvalue weighted by Crippen LogP contribution is -2.27. The van der Waals surface area contributed by atoms with Crippen molar-refractivity contribution in [2.45, 2.75) is 26.4 Å². The van der Waals surface area contributed by atoms with E-state index in [9.17, 15) is 4.79 Å². The Morgan fingerprint density at radius 2 is 1.92 bits per heavy atom. The van der Waals surface area contributed by atoms with Crippen LogP contribution in [0.3, 0.4) is 0 Å². The molecule has 1 saturated heterocycles. The summed E-state index contributed by atoms with van der Waals surface area (Å²) in [5.41, 5.74) is 1.58. The molecule has 6 heteroatoms. The lowest BCUT2D eigenvalue weighted by Gasteiger charge is -2.15. The van der Waals surface area contributed by atoms with Crippen LogP contribution in [0.5, 0.6) is 5.75 Å². The summed E-state index contributed by atoms with van der Waals surface area (Å²) in [6.07, 6.45) is 2.85. The van der Waals surface area contributed by atoms with Gasteiger partial charge >= 0.3 is 0 Å². The number of ether oxygens (including phenoxy) is 1. The smallest absolute Gasteiger partial charge is 0.270 e. The Hall–Kier alpha value is -1.82. The molecular formula is C20H18ClNO2S2. The molecule has 3 rings (SSSR count). The molecule has 1 aliphatic heterocycles. The molecule has 2 aromatic carbocycles. The summed E-state index contributed by atoms with van der Waals surface area (Å²) in [6.45, 7) is 4.10. The lowest BCUT2D eigenvalue weighted by atomic mass is 10.1. The number of hydrogen-bond acceptors (Lipinski definition) is 4. The van der Waals surface area contributed by atoms with Gasteiger partial charge in [0.15, 0.2) is 4.32 Å². The first-order chi connectivity index (χ1) is 12.5. The van der Waals surface area contributed by atoms with Crippen molar-refractivity contribution in [3.05, 3.63) is 64.0 Å². The number of thioether (sulfide) groups is 1. The van der Waals surface area contributed by atoms with Crippen LogP contribution in [-0.4, -0.2) is 16.3 Å². The average Bonchev–Trinajstić information content (AvgIpc) is 2.91. The average molecular weight is 404 g/mol. The van der Waals surface area contributed by atoms with Gasteiger partial charge in [0.2, 0.25) is 0 Å². The summed E-state index contributed by atoms with van der Waals surface area (Å²) in [7, 11) is 0. The molecule has 0 unspecified atom stereocenters. The third-order valence-electron chi connectivity index (χ3n) is 3.99. The minimum atomic E-state index is -0.138. The van der Waals surface area contributed by atoms with Gasteiger partial charge in [-0.05, 0) is 49.8 Å². The van der Waals surface area contributed by atoms with Gasteiger partial charge in [0.1, 0.15) is 5.75 Å². The number of hydrogen-bond donors (Lipinski definition) is 0. The molecule has 1 heterocycles. The first-order valence-corrected chi connectivity index (χ1v) is 9.89. The number of anilines is 1. The molecule has 0 aliphatic carbocycles. The van der Waals surface area contributed by atoms with E-state index in [1.807, 2.05) is 37.3 Å². The normalized spacial score (nSPS) is 17.0. The number of nitrogens with zero attached hydrogens (tertiary/aromatic N) is 1. The Morgan fingerprint density at radius 1 is 1.23 bits per heavy atom. The van der Waals surface area contributed by atoms with Gasteiger partial charge in [-0.2, -0.15) is 0 Å². The predicted octanol–water partition coefficient (Wildman–Crippen LogP) is 5.92. The van der Waals surface area contributed by atoms with Crippen LogP contribution in [0, 0.1) is 0 Å². The highest BCUT2D eigenvalue weighted by atomic mass is 35.5. The fourth-order valence-electron chi connectivity index (χ4n) is 2.43. The number of amides is 1. The van der Waals surface area contributed by atoms with Crippen molar-refractivity contribution < 1.29 is 9.53 Å². The van der Waals surface area contributed by atoms with E-state index < -0.39 is 0 Å². The van der Waals surface area contributed by atoms with Gasteiger partial charge in [-0.15, -0.1) is 0 Å². The maximum Gasteiger partial charge on any atom is 0.270 e. The molecule has 26 heavy (non-hydrogen) atoms. The maximum atomic E-state index is 12.9. The predicted molar refractivity (Wildman–Crippen MR) is 114 cm³/mol. The van der Waals surface area contributed by atoms with E-state index in [-0.39, 0.29) is 12.0 Å². The van der Waals surface area contributed by atoms with Crippen LogP contribution in [0.4, 0.5) is 5.69 Å². The van der Waals surface area contributed by atoms with Crippen molar-refractivity contribution in [1.82, 2.24) is 0 Å². The second kappa shape index (κ2) is 8.25. The zero-order valence-electron chi connectivity index (χ0n) is 14.4. The van der Waals surface area contributed by atoms with Crippen LogP contribution in [0.15, 0.2) is 53.4 Å². The molecule has 0 bridgehead atoms. The Labute approximate surface area is 168 Å². The highest BCUT2D eigenvalue weighted by molar-refractivity contribution is 8.27. The van der Waals surface area contributed by atoms with Crippen LogP contribution in [0.1, 0.15) is 25.8 Å². The summed E-state index contributed by atoms with van der Waals surface area (Å²) in [4.78, 5) is 15.0. The summed E-state index contributed by atoms with van der Waals surface area (Å²) in [5.74, 6) is 0.624. The number of benzene rings is 2. The summed E-state index contributed by atoms with van der Waals surface area (Å²) >= 11 is 12.6. The number of thiocarbonyl (C=S) groups is 1. The molecule has 0 radical (unpaired) electrons. The molecule has 134 valence electrons. The fourth-order valence-corrected chi connectivity index (χ4v) is 3.84. The molecule has 0 N–H and O–H groups in total. The van der Waals surface area contributed by atoms with Crippen LogP contribution in [0.2, 0.25) is 5.02 Å².